The summed E-state index contributed by atoms with van der Waals surface area (Å²) in [6, 6.07) is 16.5. The summed E-state index contributed by atoms with van der Waals surface area (Å²) in [5, 5.41) is 3.34. The first-order valence-corrected chi connectivity index (χ1v) is 10.3. The van der Waals surface area contributed by atoms with Gasteiger partial charge in [0, 0.05) is 25.2 Å². The zero-order chi connectivity index (χ0) is 19.9. The van der Waals surface area contributed by atoms with Gasteiger partial charge in [0.25, 0.3) is 0 Å². The van der Waals surface area contributed by atoms with Gasteiger partial charge in [0.1, 0.15) is 5.75 Å². The van der Waals surface area contributed by atoms with Crippen LogP contribution in [0.5, 0.6) is 5.75 Å². The van der Waals surface area contributed by atoms with Gasteiger partial charge < -0.3 is 25.3 Å². The number of aliphatic imine (C=N–C) groups is 1. The lowest BCUT2D eigenvalue weighted by Gasteiger charge is -2.26. The summed E-state index contributed by atoms with van der Waals surface area (Å²) in [5.41, 5.74) is 9.58. The van der Waals surface area contributed by atoms with Crippen molar-refractivity contribution in [1.82, 2.24) is 5.32 Å². The molecule has 6 heteroatoms. The van der Waals surface area contributed by atoms with Crippen molar-refractivity contribution >= 4 is 5.96 Å². The summed E-state index contributed by atoms with van der Waals surface area (Å²) < 4.78 is 17.1. The number of hydrogen-bond acceptors (Lipinski definition) is 4. The molecule has 0 bridgehead atoms. The maximum Gasteiger partial charge on any atom is 0.189 e. The third kappa shape index (κ3) is 5.49. The van der Waals surface area contributed by atoms with Crippen LogP contribution in [0.15, 0.2) is 53.5 Å². The van der Waals surface area contributed by atoms with Crippen molar-refractivity contribution < 1.29 is 14.2 Å². The topological polar surface area (TPSA) is 78.1 Å². The van der Waals surface area contributed by atoms with Crippen LogP contribution < -0.4 is 15.8 Å². The van der Waals surface area contributed by atoms with Crippen molar-refractivity contribution in [2.45, 2.75) is 44.6 Å². The highest BCUT2D eigenvalue weighted by Crippen LogP contribution is 2.31. The van der Waals surface area contributed by atoms with Crippen LogP contribution in [0.25, 0.3) is 0 Å². The molecule has 0 radical (unpaired) electrons. The molecule has 1 saturated heterocycles. The maximum absolute atomic E-state index is 6.17. The molecule has 0 saturated carbocycles. The van der Waals surface area contributed by atoms with Crippen LogP contribution in [0.2, 0.25) is 0 Å². The Balaban J connectivity index is 1.31. The first kappa shape index (κ1) is 19.7. The average Bonchev–Trinajstić information content (AvgIpc) is 2.78. The summed E-state index contributed by atoms with van der Waals surface area (Å²) in [5.74, 6) is 1.37. The van der Waals surface area contributed by atoms with Crippen molar-refractivity contribution in [1.29, 1.82) is 0 Å². The number of nitrogens with one attached hydrogen (secondary N) is 1. The molecule has 6 nitrogen and oxygen atoms in total. The highest BCUT2D eigenvalue weighted by atomic mass is 16.5. The molecule has 0 spiro atoms. The van der Waals surface area contributed by atoms with Crippen molar-refractivity contribution in [3.63, 3.8) is 0 Å². The molecule has 0 aliphatic carbocycles. The second-order valence-corrected chi connectivity index (χ2v) is 7.52. The molecule has 2 aliphatic rings. The van der Waals surface area contributed by atoms with Gasteiger partial charge >= 0.3 is 0 Å². The van der Waals surface area contributed by atoms with E-state index >= 15 is 0 Å². The summed E-state index contributed by atoms with van der Waals surface area (Å²) in [6.07, 6.45) is 3.11. The first-order chi connectivity index (χ1) is 14.3. The van der Waals surface area contributed by atoms with Gasteiger partial charge in [-0.05, 0) is 30.0 Å². The molecular weight excluding hydrogens is 366 g/mol. The molecule has 4 rings (SSSR count). The molecule has 2 aliphatic heterocycles. The fourth-order valence-corrected chi connectivity index (χ4v) is 3.77. The Morgan fingerprint density at radius 1 is 1.03 bits per heavy atom. The van der Waals surface area contributed by atoms with E-state index < -0.39 is 0 Å². The Morgan fingerprint density at radius 3 is 2.76 bits per heavy atom. The SMILES string of the molecule is NC(=NCc1cccc(COC2CCOCC2)c1)NC1CCOc2ccccc21. The first-order valence-electron chi connectivity index (χ1n) is 10.3. The summed E-state index contributed by atoms with van der Waals surface area (Å²) >= 11 is 0. The Bertz CT molecular complexity index is 834. The molecule has 154 valence electrons. The number of rotatable bonds is 6. The molecule has 29 heavy (non-hydrogen) atoms. The van der Waals surface area contributed by atoms with E-state index in [1.165, 1.54) is 0 Å². The molecule has 1 atom stereocenters. The molecule has 3 N–H and O–H groups in total. The van der Waals surface area contributed by atoms with E-state index in [0.29, 0.717) is 31.8 Å². The Labute approximate surface area is 172 Å². The van der Waals surface area contributed by atoms with E-state index in [4.69, 9.17) is 19.9 Å². The minimum Gasteiger partial charge on any atom is -0.493 e. The van der Waals surface area contributed by atoms with E-state index in [9.17, 15) is 0 Å². The van der Waals surface area contributed by atoms with Crippen molar-refractivity contribution in [2.24, 2.45) is 10.7 Å². The van der Waals surface area contributed by atoms with Crippen molar-refractivity contribution in [3.05, 3.63) is 65.2 Å². The number of ether oxygens (including phenoxy) is 3. The van der Waals surface area contributed by atoms with Crippen LogP contribution in [-0.2, 0) is 22.6 Å². The molecular formula is C23H29N3O3. The van der Waals surface area contributed by atoms with Crippen LogP contribution in [0.3, 0.4) is 0 Å². The Kier molecular flexibility index (Phi) is 6.64. The fourth-order valence-electron chi connectivity index (χ4n) is 3.77. The monoisotopic (exact) mass is 395 g/mol. The highest BCUT2D eigenvalue weighted by molar-refractivity contribution is 5.78. The molecule has 1 unspecified atom stereocenters. The minimum absolute atomic E-state index is 0.128. The number of para-hydroxylation sites is 1. The number of fused-ring (bicyclic) bond motifs is 1. The van der Waals surface area contributed by atoms with Gasteiger partial charge in [-0.1, -0.05) is 42.5 Å². The summed E-state index contributed by atoms with van der Waals surface area (Å²) in [4.78, 5) is 4.54. The number of nitrogens with two attached hydrogens (primary N) is 1. The molecule has 0 amide bonds. The van der Waals surface area contributed by atoms with E-state index in [2.05, 4.69) is 34.6 Å². The van der Waals surface area contributed by atoms with Gasteiger partial charge in [0.05, 0.1) is 31.9 Å². The van der Waals surface area contributed by atoms with Crippen LogP contribution in [-0.4, -0.2) is 31.9 Å². The van der Waals surface area contributed by atoms with Gasteiger partial charge in [0.15, 0.2) is 5.96 Å². The quantitative estimate of drug-likeness (QED) is 0.580. The van der Waals surface area contributed by atoms with Gasteiger partial charge in [-0.2, -0.15) is 0 Å². The fraction of sp³-hybridized carbons (Fsp3) is 0.435. The zero-order valence-electron chi connectivity index (χ0n) is 16.7. The molecule has 1 fully saturated rings. The van der Waals surface area contributed by atoms with Crippen LogP contribution >= 0.6 is 0 Å². The van der Waals surface area contributed by atoms with E-state index in [-0.39, 0.29) is 6.04 Å². The molecule has 0 aromatic heterocycles. The Morgan fingerprint density at radius 2 is 1.86 bits per heavy atom. The largest absolute Gasteiger partial charge is 0.493 e. The van der Waals surface area contributed by atoms with Crippen LogP contribution in [0.1, 0.15) is 42.0 Å². The summed E-state index contributed by atoms with van der Waals surface area (Å²) in [7, 11) is 0. The van der Waals surface area contributed by atoms with Crippen LogP contribution in [0, 0.1) is 0 Å². The lowest BCUT2D eigenvalue weighted by Crippen LogP contribution is -2.37. The highest BCUT2D eigenvalue weighted by Gasteiger charge is 2.21. The Hall–Kier alpha value is -2.57. The van der Waals surface area contributed by atoms with Crippen molar-refractivity contribution in [3.8, 4) is 5.75 Å². The predicted molar refractivity (Wildman–Crippen MR) is 113 cm³/mol. The molecule has 2 aromatic carbocycles. The van der Waals surface area contributed by atoms with Gasteiger partial charge in [-0.25, -0.2) is 4.99 Å². The smallest absolute Gasteiger partial charge is 0.189 e. The van der Waals surface area contributed by atoms with Gasteiger partial charge in [-0.3, -0.25) is 0 Å². The zero-order valence-corrected chi connectivity index (χ0v) is 16.7. The summed E-state index contributed by atoms with van der Waals surface area (Å²) in [6.45, 7) is 3.42. The third-order valence-electron chi connectivity index (χ3n) is 5.36. The maximum atomic E-state index is 6.17. The third-order valence-corrected chi connectivity index (χ3v) is 5.36. The minimum atomic E-state index is 0.128. The average molecular weight is 396 g/mol. The molecule has 2 heterocycles. The number of guanidine groups is 1. The second kappa shape index (κ2) is 9.76. The number of benzene rings is 2. The lowest BCUT2D eigenvalue weighted by molar-refractivity contribution is -0.0390. The van der Waals surface area contributed by atoms with Crippen LogP contribution in [0.4, 0.5) is 0 Å². The van der Waals surface area contributed by atoms with Gasteiger partial charge in [-0.15, -0.1) is 0 Å². The molecule has 2 aromatic rings. The number of nitrogens with zero attached hydrogens (tertiary/aromatic N) is 1. The van der Waals surface area contributed by atoms with Gasteiger partial charge in [0.2, 0.25) is 0 Å². The van der Waals surface area contributed by atoms with Crippen molar-refractivity contribution in [2.75, 3.05) is 19.8 Å². The lowest BCUT2D eigenvalue weighted by atomic mass is 10.0. The normalized spacial score (nSPS) is 20.0. The standard InChI is InChI=1S/C23H29N3O3/c24-23(26-21-10-13-28-22-7-2-1-6-20(21)22)25-15-17-4-3-5-18(14-17)16-29-19-8-11-27-12-9-19/h1-7,14,19,21H,8-13,15-16H2,(H3,24,25,26). The van der Waals surface area contributed by atoms with E-state index in [1.54, 1.807) is 0 Å². The van der Waals surface area contributed by atoms with E-state index in [0.717, 1.165) is 54.9 Å². The second-order valence-electron chi connectivity index (χ2n) is 7.52. The van der Waals surface area contributed by atoms with E-state index in [1.807, 2.05) is 24.3 Å². The number of hydrogen-bond donors (Lipinski definition) is 2. The predicted octanol–water partition coefficient (Wildman–Crippen LogP) is 3.31.